The van der Waals surface area contributed by atoms with Crippen LogP contribution in [0.2, 0.25) is 0 Å². The molecule has 0 fully saturated rings. The van der Waals surface area contributed by atoms with E-state index < -0.39 is 12.0 Å². The molecule has 0 saturated heterocycles. The van der Waals surface area contributed by atoms with Gasteiger partial charge in [0, 0.05) is 19.4 Å². The van der Waals surface area contributed by atoms with Crippen LogP contribution in [0.4, 0.5) is 0 Å². The van der Waals surface area contributed by atoms with Gasteiger partial charge in [-0.2, -0.15) is 0 Å². The number of methoxy groups -OCH3 is 1. The van der Waals surface area contributed by atoms with Crippen LogP contribution in [0.3, 0.4) is 0 Å². The van der Waals surface area contributed by atoms with Gasteiger partial charge < -0.3 is 14.1 Å². The lowest BCUT2D eigenvalue weighted by atomic mass is 10.1. The van der Waals surface area contributed by atoms with Gasteiger partial charge in [0.15, 0.2) is 0 Å². The summed E-state index contributed by atoms with van der Waals surface area (Å²) in [7, 11) is 1.33. The van der Waals surface area contributed by atoms with Crippen molar-refractivity contribution < 1.29 is 18.7 Å². The molecule has 5 heteroatoms. The summed E-state index contributed by atoms with van der Waals surface area (Å²) in [6, 6.07) is 12.7. The van der Waals surface area contributed by atoms with E-state index in [1.54, 1.807) is 11.8 Å². The van der Waals surface area contributed by atoms with Gasteiger partial charge in [0.05, 0.1) is 7.11 Å². The lowest BCUT2D eigenvalue weighted by Crippen LogP contribution is -2.43. The molecule has 0 radical (unpaired) electrons. The third-order valence-corrected chi connectivity index (χ3v) is 3.91. The maximum Gasteiger partial charge on any atom is 0.328 e. The minimum Gasteiger partial charge on any atom is -0.467 e. The van der Waals surface area contributed by atoms with Crippen LogP contribution in [0.1, 0.15) is 30.4 Å². The molecule has 2 aromatic rings. The van der Waals surface area contributed by atoms with Crippen molar-refractivity contribution in [2.24, 2.45) is 0 Å². The Balaban J connectivity index is 2.08. The molecule has 1 aromatic heterocycles. The van der Waals surface area contributed by atoms with Crippen LogP contribution in [-0.4, -0.2) is 29.9 Å². The van der Waals surface area contributed by atoms with Crippen molar-refractivity contribution in [1.82, 2.24) is 4.90 Å². The monoisotopic (exact) mass is 329 g/mol. The number of carbonyl (C=O) groups excluding carboxylic acids is 2. The highest BCUT2D eigenvalue weighted by molar-refractivity contribution is 5.84. The van der Waals surface area contributed by atoms with Gasteiger partial charge in [0.25, 0.3) is 0 Å². The van der Waals surface area contributed by atoms with Crippen LogP contribution in [0.5, 0.6) is 0 Å². The lowest BCUT2D eigenvalue weighted by molar-refractivity contribution is -0.152. The second-order valence-corrected chi connectivity index (χ2v) is 5.72. The number of carbonyl (C=O) groups is 2. The van der Waals surface area contributed by atoms with E-state index in [9.17, 15) is 9.59 Å². The zero-order valence-electron chi connectivity index (χ0n) is 14.3. The van der Waals surface area contributed by atoms with Gasteiger partial charge in [-0.25, -0.2) is 4.79 Å². The first-order chi connectivity index (χ1) is 11.5. The van der Waals surface area contributed by atoms with Gasteiger partial charge in [-0.05, 0) is 31.5 Å². The molecular weight excluding hydrogens is 306 g/mol. The smallest absolute Gasteiger partial charge is 0.328 e. The quantitative estimate of drug-likeness (QED) is 0.732. The topological polar surface area (TPSA) is 59.8 Å². The highest BCUT2D eigenvalue weighted by atomic mass is 16.5. The fourth-order valence-electron chi connectivity index (χ4n) is 2.51. The van der Waals surface area contributed by atoms with Gasteiger partial charge in [0.2, 0.25) is 5.91 Å². The molecule has 1 atom stereocenters. The van der Waals surface area contributed by atoms with Crippen molar-refractivity contribution in [2.75, 3.05) is 7.11 Å². The number of furan rings is 1. The predicted molar refractivity (Wildman–Crippen MR) is 90.2 cm³/mol. The molecule has 5 nitrogen and oxygen atoms in total. The first kappa shape index (κ1) is 17.8. The molecule has 0 aliphatic rings. The summed E-state index contributed by atoms with van der Waals surface area (Å²) in [4.78, 5) is 26.1. The number of esters is 1. The Hall–Kier alpha value is -2.56. The average Bonchev–Trinajstić information content (AvgIpc) is 3.02. The van der Waals surface area contributed by atoms with Crippen molar-refractivity contribution in [3.63, 3.8) is 0 Å². The van der Waals surface area contributed by atoms with Crippen LogP contribution in [0, 0.1) is 6.92 Å². The Bertz CT molecular complexity index is 678. The predicted octanol–water partition coefficient (Wildman–Crippen LogP) is 3.11. The Morgan fingerprint density at radius 1 is 1.17 bits per heavy atom. The second-order valence-electron chi connectivity index (χ2n) is 5.72. The van der Waals surface area contributed by atoms with E-state index in [1.165, 1.54) is 7.11 Å². The standard InChI is InChI=1S/C19H23NO4/c1-14-9-10-17(24-14)11-12-18(21)20(15(2)19(22)23-3)13-16-7-5-4-6-8-16/h4-10,15H,11-13H2,1-3H3. The molecule has 1 heterocycles. The molecule has 0 aliphatic carbocycles. The summed E-state index contributed by atoms with van der Waals surface area (Å²) in [6.45, 7) is 3.92. The van der Waals surface area contributed by atoms with Crippen molar-refractivity contribution in [3.8, 4) is 0 Å². The van der Waals surface area contributed by atoms with E-state index in [1.807, 2.05) is 49.4 Å². The SMILES string of the molecule is COC(=O)C(C)N(Cc1ccccc1)C(=O)CCc1ccc(C)o1. The van der Waals surface area contributed by atoms with Gasteiger partial charge in [-0.1, -0.05) is 30.3 Å². The van der Waals surface area contributed by atoms with Crippen LogP contribution in [0.25, 0.3) is 0 Å². The average molecular weight is 329 g/mol. The number of rotatable bonds is 7. The minimum atomic E-state index is -0.638. The molecule has 128 valence electrons. The third-order valence-electron chi connectivity index (χ3n) is 3.91. The van der Waals surface area contributed by atoms with E-state index in [0.717, 1.165) is 17.1 Å². The first-order valence-corrected chi connectivity index (χ1v) is 7.97. The van der Waals surface area contributed by atoms with Crippen LogP contribution < -0.4 is 0 Å². The van der Waals surface area contributed by atoms with Gasteiger partial charge >= 0.3 is 5.97 Å². The van der Waals surface area contributed by atoms with Gasteiger partial charge in [0.1, 0.15) is 17.6 Å². The number of aryl methyl sites for hydroxylation is 2. The normalized spacial score (nSPS) is 11.8. The van der Waals surface area contributed by atoms with Gasteiger partial charge in [-0.3, -0.25) is 4.79 Å². The molecule has 0 spiro atoms. The summed E-state index contributed by atoms with van der Waals surface area (Å²) >= 11 is 0. The molecule has 0 aliphatic heterocycles. The maximum atomic E-state index is 12.7. The van der Waals surface area contributed by atoms with Crippen molar-refractivity contribution in [1.29, 1.82) is 0 Å². The Morgan fingerprint density at radius 3 is 2.46 bits per heavy atom. The largest absolute Gasteiger partial charge is 0.467 e. The number of benzene rings is 1. The van der Waals surface area contributed by atoms with Crippen molar-refractivity contribution in [3.05, 3.63) is 59.5 Å². The Kier molecular flexibility index (Phi) is 6.18. The number of nitrogens with zero attached hydrogens (tertiary/aromatic N) is 1. The number of ether oxygens (including phenoxy) is 1. The molecule has 0 saturated carbocycles. The third kappa shape index (κ3) is 4.72. The Labute approximate surface area is 142 Å². The molecule has 24 heavy (non-hydrogen) atoms. The summed E-state index contributed by atoms with van der Waals surface area (Å²) < 4.78 is 10.3. The highest BCUT2D eigenvalue weighted by Crippen LogP contribution is 2.14. The highest BCUT2D eigenvalue weighted by Gasteiger charge is 2.26. The van der Waals surface area contributed by atoms with Gasteiger partial charge in [-0.15, -0.1) is 0 Å². The molecule has 1 aromatic carbocycles. The second kappa shape index (κ2) is 8.34. The fraction of sp³-hybridized carbons (Fsp3) is 0.368. The number of hydrogen-bond acceptors (Lipinski definition) is 4. The lowest BCUT2D eigenvalue weighted by Gasteiger charge is -2.27. The molecule has 2 rings (SSSR count). The zero-order valence-corrected chi connectivity index (χ0v) is 14.3. The summed E-state index contributed by atoms with van der Waals surface area (Å²) in [5.41, 5.74) is 0.968. The van der Waals surface area contributed by atoms with Crippen molar-refractivity contribution in [2.45, 2.75) is 39.3 Å². The first-order valence-electron chi connectivity index (χ1n) is 7.97. The minimum absolute atomic E-state index is 0.106. The van der Waals surface area contributed by atoms with E-state index >= 15 is 0 Å². The maximum absolute atomic E-state index is 12.7. The van der Waals surface area contributed by atoms with E-state index in [0.29, 0.717) is 13.0 Å². The number of amides is 1. The summed E-state index contributed by atoms with van der Waals surface area (Å²) in [6.07, 6.45) is 0.785. The molecule has 0 bridgehead atoms. The Morgan fingerprint density at radius 2 is 1.88 bits per heavy atom. The van der Waals surface area contributed by atoms with Crippen molar-refractivity contribution >= 4 is 11.9 Å². The van der Waals surface area contributed by atoms with E-state index in [2.05, 4.69) is 0 Å². The van der Waals surface area contributed by atoms with Crippen LogP contribution in [0.15, 0.2) is 46.9 Å². The molecule has 0 N–H and O–H groups in total. The fourth-order valence-corrected chi connectivity index (χ4v) is 2.51. The molecule has 1 unspecified atom stereocenters. The summed E-state index contributed by atoms with van der Waals surface area (Å²) in [5.74, 6) is 1.06. The van der Waals surface area contributed by atoms with E-state index in [-0.39, 0.29) is 12.3 Å². The zero-order chi connectivity index (χ0) is 17.5. The number of hydrogen-bond donors (Lipinski definition) is 0. The summed E-state index contributed by atoms with van der Waals surface area (Å²) in [5, 5.41) is 0. The molecular formula is C19H23NO4. The van der Waals surface area contributed by atoms with Crippen LogP contribution >= 0.6 is 0 Å². The van der Waals surface area contributed by atoms with Crippen LogP contribution in [-0.2, 0) is 27.3 Å². The molecule has 1 amide bonds. The van der Waals surface area contributed by atoms with E-state index in [4.69, 9.17) is 9.15 Å².